The van der Waals surface area contributed by atoms with Crippen LogP contribution in [0.3, 0.4) is 0 Å². The van der Waals surface area contributed by atoms with E-state index in [0.717, 1.165) is 19.3 Å². The molecule has 3 amide bonds. The fraction of sp³-hybridized carbons (Fsp3) is 0.500. The van der Waals surface area contributed by atoms with Gasteiger partial charge in [0.05, 0.1) is 6.07 Å². The Morgan fingerprint density at radius 3 is 2.46 bits per heavy atom. The van der Waals surface area contributed by atoms with Crippen molar-refractivity contribution < 1.29 is 29.1 Å². The number of hydrogen-bond donors (Lipinski definition) is 1. The number of unbranched alkanes of at least 4 members (excludes halogenated alkanes) is 4. The number of rotatable bonds is 9. The number of amides is 3. The topological polar surface area (TPSA) is 122 Å². The Morgan fingerprint density at radius 2 is 1.89 bits per heavy atom. The predicted octanol–water partition coefficient (Wildman–Crippen LogP) is 2.10. The molecule has 1 aromatic carbocycles. The molecule has 1 aliphatic rings. The number of carbonyl (C=O) groups excluding carboxylic acids is 2. The second-order valence-corrected chi connectivity index (χ2v) is 7.37. The van der Waals surface area contributed by atoms with Gasteiger partial charge in [0.15, 0.2) is 5.54 Å². The lowest BCUT2D eigenvalue weighted by atomic mass is 10.0. The van der Waals surface area contributed by atoms with Gasteiger partial charge in [-0.05, 0) is 19.8 Å². The number of urea groups is 1. The fourth-order valence-corrected chi connectivity index (χ4v) is 3.70. The molecule has 2 atom stereocenters. The minimum Gasteiger partial charge on any atom is -0.498 e. The van der Waals surface area contributed by atoms with Gasteiger partial charge in [0.1, 0.15) is 13.1 Å². The maximum Gasteiger partial charge on any atom is 0.426 e. The van der Waals surface area contributed by atoms with E-state index in [4.69, 9.17) is 5.26 Å². The van der Waals surface area contributed by atoms with Crippen LogP contribution in [0.1, 0.15) is 44.6 Å². The van der Waals surface area contributed by atoms with Gasteiger partial charge < -0.3 is 15.0 Å². The van der Waals surface area contributed by atoms with E-state index in [1.165, 1.54) is 11.8 Å². The summed E-state index contributed by atoms with van der Waals surface area (Å²) in [6.45, 7) is 0.976. The van der Waals surface area contributed by atoms with Crippen molar-refractivity contribution in [1.29, 1.82) is 5.26 Å². The molecule has 1 unspecified atom stereocenters. The first-order valence-electron chi connectivity index (χ1n) is 9.33. The maximum atomic E-state index is 13.1. The third-order valence-corrected chi connectivity index (χ3v) is 5.30. The summed E-state index contributed by atoms with van der Waals surface area (Å²) in [6, 6.07) is 9.95. The van der Waals surface area contributed by atoms with Gasteiger partial charge in [-0.25, -0.2) is 9.59 Å². The Morgan fingerprint density at radius 1 is 1.25 bits per heavy atom. The molecule has 1 saturated heterocycles. The van der Waals surface area contributed by atoms with Gasteiger partial charge in [0, 0.05) is 18.5 Å². The Kier molecular flexibility index (Phi) is 6.75. The zero-order chi connectivity index (χ0) is 20.8. The highest BCUT2D eigenvalue weighted by Gasteiger charge is 2.63. The van der Waals surface area contributed by atoms with Crippen molar-refractivity contribution in [1.82, 2.24) is 4.90 Å². The van der Waals surface area contributed by atoms with Crippen LogP contribution in [-0.4, -0.2) is 51.2 Å². The Hall–Kier alpha value is -2.92. The van der Waals surface area contributed by atoms with Crippen molar-refractivity contribution in [2.45, 2.75) is 51.1 Å². The maximum absolute atomic E-state index is 13.1. The van der Waals surface area contributed by atoms with Gasteiger partial charge in [-0.3, -0.25) is 4.90 Å². The normalized spacial score (nSPS) is 24.1. The summed E-state index contributed by atoms with van der Waals surface area (Å²) in [6.07, 6.45) is 1.66. The molecule has 28 heavy (non-hydrogen) atoms. The zero-order valence-corrected chi connectivity index (χ0v) is 16.0. The number of carbonyl (C=O) groups is 3. The highest BCUT2D eigenvalue weighted by Crippen LogP contribution is 2.35. The molecule has 1 heterocycles. The number of aliphatic carboxylic acids is 1. The molecule has 1 fully saturated rings. The Bertz CT molecular complexity index is 776. The van der Waals surface area contributed by atoms with Gasteiger partial charge in [0.25, 0.3) is 6.09 Å². The number of carboxylic acids is 1. The quantitative estimate of drug-likeness (QED) is 0.511. The van der Waals surface area contributed by atoms with E-state index >= 15 is 0 Å². The number of imide groups is 1. The molecule has 1 aromatic rings. The molecule has 1 aliphatic heterocycles. The lowest BCUT2D eigenvalue weighted by Gasteiger charge is -2.30. The Labute approximate surface area is 164 Å². The number of benzene rings is 1. The third kappa shape index (κ3) is 4.15. The first-order chi connectivity index (χ1) is 13.3. The molecular weight excluding hydrogens is 362 g/mol. The van der Waals surface area contributed by atoms with Crippen molar-refractivity contribution in [2.75, 3.05) is 13.1 Å². The lowest BCUT2D eigenvalue weighted by molar-refractivity contribution is -0.806. The number of nitriles is 1. The average molecular weight is 387 g/mol. The monoisotopic (exact) mass is 387 g/mol. The number of nitrogens with zero attached hydrogens (tertiary/aromatic N) is 3. The standard InChI is InChI=1S/C20H25N3O5/c1-20(17(24)25)15-23(19(27)28,14-16-10-6-5-7-11-16)18(26)22(20)13-9-4-2-3-8-12-21/h5-7,10-11H,2-4,8-9,13-15H2,1H3,(H-,24,25,27,28)/t20-,23?/m1/s1. The van der Waals surface area contributed by atoms with E-state index < -0.39 is 34.7 Å². The molecule has 2 rings (SSSR count). The summed E-state index contributed by atoms with van der Waals surface area (Å²) in [7, 11) is 0. The van der Waals surface area contributed by atoms with E-state index in [0.29, 0.717) is 18.4 Å². The molecule has 150 valence electrons. The lowest BCUT2D eigenvalue weighted by Crippen LogP contribution is -2.60. The molecule has 1 N–H and O–H groups in total. The van der Waals surface area contributed by atoms with Gasteiger partial charge in [-0.1, -0.05) is 43.2 Å². The summed E-state index contributed by atoms with van der Waals surface area (Å²) in [4.78, 5) is 38.3. The smallest absolute Gasteiger partial charge is 0.426 e. The Balaban J connectivity index is 2.24. The van der Waals surface area contributed by atoms with Gasteiger partial charge >= 0.3 is 12.0 Å². The van der Waals surface area contributed by atoms with E-state index in [1.54, 1.807) is 30.3 Å². The van der Waals surface area contributed by atoms with Crippen molar-refractivity contribution in [3.63, 3.8) is 0 Å². The predicted molar refractivity (Wildman–Crippen MR) is 97.5 cm³/mol. The number of hydrogen-bond acceptors (Lipinski definition) is 5. The number of carboxylic acid groups (broad SMARTS) is 2. The van der Waals surface area contributed by atoms with E-state index in [9.17, 15) is 24.6 Å². The molecule has 0 bridgehead atoms. The van der Waals surface area contributed by atoms with Crippen LogP contribution in [0.2, 0.25) is 0 Å². The third-order valence-electron chi connectivity index (χ3n) is 5.30. The minimum atomic E-state index is -1.63. The largest absolute Gasteiger partial charge is 0.498 e. The van der Waals surface area contributed by atoms with Crippen LogP contribution < -0.4 is 5.11 Å². The average Bonchev–Trinajstić information content (AvgIpc) is 2.88. The van der Waals surface area contributed by atoms with E-state index in [2.05, 4.69) is 6.07 Å². The molecule has 0 aromatic heterocycles. The minimum absolute atomic E-state index is 0.149. The summed E-state index contributed by atoms with van der Waals surface area (Å²) in [5.74, 6) is -1.24. The summed E-state index contributed by atoms with van der Waals surface area (Å²) in [5.41, 5.74) is -1.01. The van der Waals surface area contributed by atoms with Crippen molar-refractivity contribution in [2.24, 2.45) is 0 Å². The van der Waals surface area contributed by atoms with Gasteiger partial charge in [-0.2, -0.15) is 9.74 Å². The second-order valence-electron chi connectivity index (χ2n) is 7.37. The van der Waals surface area contributed by atoms with Gasteiger partial charge in [0.2, 0.25) is 0 Å². The van der Waals surface area contributed by atoms with E-state index in [-0.39, 0.29) is 13.1 Å². The van der Waals surface area contributed by atoms with Crippen LogP contribution in [0.4, 0.5) is 9.59 Å². The van der Waals surface area contributed by atoms with E-state index in [1.807, 2.05) is 0 Å². The van der Waals surface area contributed by atoms with Crippen LogP contribution >= 0.6 is 0 Å². The second kappa shape index (κ2) is 8.85. The molecule has 0 saturated carbocycles. The first-order valence-corrected chi connectivity index (χ1v) is 9.33. The van der Waals surface area contributed by atoms with Crippen molar-refractivity contribution in [3.05, 3.63) is 35.9 Å². The molecule has 0 radical (unpaired) electrons. The van der Waals surface area contributed by atoms with Crippen LogP contribution in [0, 0.1) is 11.3 Å². The van der Waals surface area contributed by atoms with Gasteiger partial charge in [-0.15, -0.1) is 0 Å². The highest BCUT2D eigenvalue weighted by molar-refractivity contribution is 5.90. The zero-order valence-electron chi connectivity index (χ0n) is 16.0. The highest BCUT2D eigenvalue weighted by atomic mass is 16.4. The molecule has 0 aliphatic carbocycles. The SMILES string of the molecule is C[C@]1(C(=O)O)C[N+](Cc2ccccc2)(C(=O)[O-])C(=O)N1CCCCCCC#N. The summed E-state index contributed by atoms with van der Waals surface area (Å²) >= 11 is 0. The van der Waals surface area contributed by atoms with Crippen LogP contribution in [0.15, 0.2) is 30.3 Å². The molecule has 0 spiro atoms. The summed E-state index contributed by atoms with van der Waals surface area (Å²) < 4.78 is -1.07. The molecule has 8 nitrogen and oxygen atoms in total. The molecule has 8 heteroatoms. The van der Waals surface area contributed by atoms with Crippen molar-refractivity contribution >= 4 is 18.1 Å². The van der Waals surface area contributed by atoms with Crippen LogP contribution in [0.5, 0.6) is 0 Å². The van der Waals surface area contributed by atoms with Crippen molar-refractivity contribution in [3.8, 4) is 6.07 Å². The van der Waals surface area contributed by atoms with Crippen LogP contribution in [0.25, 0.3) is 0 Å². The van der Waals surface area contributed by atoms with Crippen LogP contribution in [-0.2, 0) is 11.3 Å². The summed E-state index contributed by atoms with van der Waals surface area (Å²) in [5, 5.41) is 30.4. The molecular formula is C20H25N3O5. The fourth-order valence-electron chi connectivity index (χ4n) is 3.70. The number of quaternary nitrogens is 1. The first kappa shape index (κ1) is 21.4.